The number of benzene rings is 1. The van der Waals surface area contributed by atoms with Gasteiger partial charge in [-0.05, 0) is 44.0 Å². The third-order valence-electron chi connectivity index (χ3n) is 4.45. The molecule has 21 heavy (non-hydrogen) atoms. The largest absolute Gasteiger partial charge is 0.486 e. The van der Waals surface area contributed by atoms with Gasteiger partial charge in [0.2, 0.25) is 0 Å². The third kappa shape index (κ3) is 3.15. The molecular formula is C16H24N2O3. The first-order valence-electron chi connectivity index (χ1n) is 7.72. The number of hydrogen-bond acceptors (Lipinski definition) is 5. The van der Waals surface area contributed by atoms with E-state index in [-0.39, 0.29) is 6.04 Å². The molecule has 116 valence electrons. The summed E-state index contributed by atoms with van der Waals surface area (Å²) in [6.07, 6.45) is 1.74. The molecule has 2 aliphatic rings. The maximum atomic E-state index is 10.5. The smallest absolute Gasteiger partial charge is 0.161 e. The van der Waals surface area contributed by atoms with E-state index in [0.717, 1.165) is 24.4 Å². The first-order valence-corrected chi connectivity index (χ1v) is 7.72. The van der Waals surface area contributed by atoms with Gasteiger partial charge in [-0.1, -0.05) is 6.07 Å². The van der Waals surface area contributed by atoms with Gasteiger partial charge < -0.3 is 20.3 Å². The Balaban J connectivity index is 1.67. The molecule has 0 amide bonds. The zero-order valence-electron chi connectivity index (χ0n) is 12.5. The molecule has 0 bridgehead atoms. The minimum atomic E-state index is -0.686. The Labute approximate surface area is 125 Å². The molecule has 0 aliphatic carbocycles. The molecule has 2 aliphatic heterocycles. The summed E-state index contributed by atoms with van der Waals surface area (Å²) >= 11 is 0. The molecule has 2 heterocycles. The Morgan fingerprint density at radius 3 is 2.81 bits per heavy atom. The van der Waals surface area contributed by atoms with E-state index in [9.17, 15) is 5.11 Å². The Kier molecular flexibility index (Phi) is 4.33. The van der Waals surface area contributed by atoms with Crippen molar-refractivity contribution in [1.29, 1.82) is 0 Å². The molecule has 3 rings (SSSR count). The molecular weight excluding hydrogens is 268 g/mol. The summed E-state index contributed by atoms with van der Waals surface area (Å²) in [6.45, 7) is 5.13. The molecule has 1 aromatic carbocycles. The van der Waals surface area contributed by atoms with Gasteiger partial charge in [0.05, 0.1) is 6.10 Å². The van der Waals surface area contributed by atoms with Gasteiger partial charge in [-0.15, -0.1) is 0 Å². The van der Waals surface area contributed by atoms with E-state index in [1.165, 1.54) is 12.8 Å². The van der Waals surface area contributed by atoms with Crippen molar-refractivity contribution in [3.8, 4) is 11.5 Å². The van der Waals surface area contributed by atoms with Crippen molar-refractivity contribution in [1.82, 2.24) is 4.90 Å². The van der Waals surface area contributed by atoms with Gasteiger partial charge in [0.15, 0.2) is 11.5 Å². The lowest BCUT2D eigenvalue weighted by molar-refractivity contribution is 0.115. The van der Waals surface area contributed by atoms with Gasteiger partial charge in [-0.25, -0.2) is 0 Å². The van der Waals surface area contributed by atoms with E-state index in [2.05, 4.69) is 11.8 Å². The van der Waals surface area contributed by atoms with Crippen LogP contribution >= 0.6 is 0 Å². The lowest BCUT2D eigenvalue weighted by Crippen LogP contribution is -2.42. The summed E-state index contributed by atoms with van der Waals surface area (Å²) in [5.41, 5.74) is 6.99. The van der Waals surface area contributed by atoms with Gasteiger partial charge in [0.1, 0.15) is 13.2 Å². The number of rotatable bonds is 4. The monoisotopic (exact) mass is 292 g/mol. The van der Waals surface area contributed by atoms with Crippen molar-refractivity contribution >= 4 is 0 Å². The van der Waals surface area contributed by atoms with Crippen LogP contribution in [0, 0.1) is 0 Å². The molecule has 1 aromatic rings. The summed E-state index contributed by atoms with van der Waals surface area (Å²) in [4.78, 5) is 2.35. The summed E-state index contributed by atoms with van der Waals surface area (Å²) < 4.78 is 11.1. The van der Waals surface area contributed by atoms with E-state index in [4.69, 9.17) is 15.2 Å². The molecule has 3 atom stereocenters. The van der Waals surface area contributed by atoms with Crippen LogP contribution in [0.25, 0.3) is 0 Å². The molecule has 5 nitrogen and oxygen atoms in total. The van der Waals surface area contributed by atoms with Crippen molar-refractivity contribution in [2.24, 2.45) is 5.73 Å². The Hall–Kier alpha value is -1.30. The number of fused-ring (bicyclic) bond motifs is 1. The topological polar surface area (TPSA) is 68.0 Å². The number of hydrogen-bond donors (Lipinski definition) is 2. The fraction of sp³-hybridized carbons (Fsp3) is 0.625. The highest BCUT2D eigenvalue weighted by molar-refractivity contribution is 5.44. The van der Waals surface area contributed by atoms with Crippen molar-refractivity contribution < 1.29 is 14.6 Å². The summed E-state index contributed by atoms with van der Waals surface area (Å²) in [7, 11) is 0. The minimum absolute atomic E-state index is 0.298. The first kappa shape index (κ1) is 14.6. The van der Waals surface area contributed by atoms with Gasteiger partial charge in [0, 0.05) is 18.6 Å². The molecule has 3 N–H and O–H groups in total. The Morgan fingerprint density at radius 1 is 1.33 bits per heavy atom. The highest BCUT2D eigenvalue weighted by Gasteiger charge is 2.26. The van der Waals surface area contributed by atoms with Gasteiger partial charge in [0.25, 0.3) is 0 Å². The average molecular weight is 292 g/mol. The van der Waals surface area contributed by atoms with Crippen LogP contribution < -0.4 is 15.2 Å². The van der Waals surface area contributed by atoms with Crippen LogP contribution in [0.2, 0.25) is 0 Å². The Bertz CT molecular complexity index is 494. The number of nitrogens with zero attached hydrogens (tertiary/aromatic N) is 1. The predicted molar refractivity (Wildman–Crippen MR) is 80.6 cm³/mol. The SMILES string of the molecule is C[C@H]1CCCN1C[C@@H](N)[C@H](O)c1ccc2c(c1)OCCO2. The van der Waals surface area contributed by atoms with Crippen LogP contribution in [0.3, 0.4) is 0 Å². The summed E-state index contributed by atoms with van der Waals surface area (Å²) in [6, 6.07) is 5.81. The standard InChI is InChI=1S/C16H24N2O3/c1-11-3-2-6-18(11)10-13(17)16(19)12-4-5-14-15(9-12)21-8-7-20-14/h4-5,9,11,13,16,19H,2-3,6-8,10,17H2,1H3/t11-,13+,16+/m0/s1. The Morgan fingerprint density at radius 2 is 2.10 bits per heavy atom. The molecule has 5 heteroatoms. The van der Waals surface area contributed by atoms with Gasteiger partial charge >= 0.3 is 0 Å². The van der Waals surface area contributed by atoms with Crippen LogP contribution in [0.5, 0.6) is 11.5 Å². The van der Waals surface area contributed by atoms with Gasteiger partial charge in [-0.2, -0.15) is 0 Å². The predicted octanol–water partition coefficient (Wildman–Crippen LogP) is 1.30. The lowest BCUT2D eigenvalue weighted by atomic mass is 10.0. The van der Waals surface area contributed by atoms with Gasteiger partial charge in [-0.3, -0.25) is 4.90 Å². The quantitative estimate of drug-likeness (QED) is 0.875. The second-order valence-electron chi connectivity index (χ2n) is 6.00. The van der Waals surface area contributed by atoms with Crippen LogP contribution in [0.15, 0.2) is 18.2 Å². The van der Waals surface area contributed by atoms with E-state index in [1.807, 2.05) is 18.2 Å². The maximum Gasteiger partial charge on any atom is 0.161 e. The molecule has 0 aromatic heterocycles. The van der Waals surface area contributed by atoms with Crippen molar-refractivity contribution in [2.45, 2.75) is 38.0 Å². The molecule has 0 radical (unpaired) electrons. The highest BCUT2D eigenvalue weighted by Crippen LogP contribution is 2.33. The minimum Gasteiger partial charge on any atom is -0.486 e. The van der Waals surface area contributed by atoms with Crippen LogP contribution in [0.1, 0.15) is 31.4 Å². The summed E-state index contributed by atoms with van der Waals surface area (Å²) in [5.74, 6) is 1.43. The third-order valence-corrected chi connectivity index (χ3v) is 4.45. The van der Waals surface area contributed by atoms with E-state index < -0.39 is 6.10 Å². The van der Waals surface area contributed by atoms with Crippen molar-refractivity contribution in [3.05, 3.63) is 23.8 Å². The molecule has 1 saturated heterocycles. The summed E-state index contributed by atoms with van der Waals surface area (Å²) in [5, 5.41) is 10.5. The second-order valence-corrected chi connectivity index (χ2v) is 6.00. The zero-order valence-corrected chi connectivity index (χ0v) is 12.5. The molecule has 0 saturated carbocycles. The maximum absolute atomic E-state index is 10.5. The fourth-order valence-corrected chi connectivity index (χ4v) is 3.13. The van der Waals surface area contributed by atoms with Crippen LogP contribution in [0.4, 0.5) is 0 Å². The molecule has 0 spiro atoms. The normalized spacial score (nSPS) is 24.8. The average Bonchev–Trinajstić information content (AvgIpc) is 2.91. The highest BCUT2D eigenvalue weighted by atomic mass is 16.6. The van der Waals surface area contributed by atoms with E-state index >= 15 is 0 Å². The van der Waals surface area contributed by atoms with Crippen LogP contribution in [-0.4, -0.2) is 48.4 Å². The number of nitrogens with two attached hydrogens (primary N) is 1. The number of aliphatic hydroxyl groups excluding tert-OH is 1. The van der Waals surface area contributed by atoms with Crippen molar-refractivity contribution in [3.63, 3.8) is 0 Å². The van der Waals surface area contributed by atoms with E-state index in [0.29, 0.717) is 25.0 Å². The molecule has 0 unspecified atom stereocenters. The number of likely N-dealkylation sites (tertiary alicyclic amines) is 1. The van der Waals surface area contributed by atoms with Crippen LogP contribution in [-0.2, 0) is 0 Å². The molecule has 1 fully saturated rings. The lowest BCUT2D eigenvalue weighted by Gasteiger charge is -2.28. The zero-order chi connectivity index (χ0) is 14.8. The van der Waals surface area contributed by atoms with E-state index in [1.54, 1.807) is 0 Å². The second kappa shape index (κ2) is 6.22. The number of aliphatic hydroxyl groups is 1. The fourth-order valence-electron chi connectivity index (χ4n) is 3.13. The number of ether oxygens (including phenoxy) is 2. The van der Waals surface area contributed by atoms with Crippen molar-refractivity contribution in [2.75, 3.05) is 26.3 Å². The first-order chi connectivity index (χ1) is 10.1.